The minimum Gasteiger partial charge on any atom is -0.376 e. The molecule has 1 nitrogen and oxygen atoms in total. The van der Waals surface area contributed by atoms with Gasteiger partial charge in [-0.15, -0.1) is 0 Å². The molecule has 0 bridgehead atoms. The zero-order valence-electron chi connectivity index (χ0n) is 13.5. The van der Waals surface area contributed by atoms with Crippen LogP contribution in [0.15, 0.2) is 22.7 Å². The van der Waals surface area contributed by atoms with Crippen molar-refractivity contribution in [2.75, 3.05) is 0 Å². The summed E-state index contributed by atoms with van der Waals surface area (Å²) in [5.74, 6) is 0.552. The van der Waals surface area contributed by atoms with E-state index in [1.807, 2.05) is 13.0 Å². The van der Waals surface area contributed by atoms with Crippen molar-refractivity contribution in [1.82, 2.24) is 0 Å². The summed E-state index contributed by atoms with van der Waals surface area (Å²) in [4.78, 5) is 0. The van der Waals surface area contributed by atoms with Gasteiger partial charge < -0.3 is 4.74 Å². The van der Waals surface area contributed by atoms with Crippen LogP contribution in [0.5, 0.6) is 0 Å². The van der Waals surface area contributed by atoms with Crippen LogP contribution in [0, 0.1) is 18.7 Å². The van der Waals surface area contributed by atoms with E-state index in [4.69, 9.17) is 4.74 Å². The molecule has 0 aromatic heterocycles. The van der Waals surface area contributed by atoms with Gasteiger partial charge in [0.1, 0.15) is 5.82 Å². The molecule has 0 aliphatic heterocycles. The Labute approximate surface area is 132 Å². The van der Waals surface area contributed by atoms with Crippen LogP contribution in [-0.2, 0) is 4.74 Å². The first-order chi connectivity index (χ1) is 9.24. The van der Waals surface area contributed by atoms with Gasteiger partial charge in [0.15, 0.2) is 0 Å². The smallest absolute Gasteiger partial charge is 0.124 e. The molecule has 0 saturated carbocycles. The Balaban J connectivity index is 0.000000367. The summed E-state index contributed by atoms with van der Waals surface area (Å²) in [5.41, 5.74) is 0.932. The second-order valence-electron chi connectivity index (χ2n) is 5.74. The van der Waals surface area contributed by atoms with Gasteiger partial charge in [-0.1, -0.05) is 36.7 Å². The molecule has 0 heterocycles. The number of halogens is 2. The van der Waals surface area contributed by atoms with E-state index in [0.717, 1.165) is 22.4 Å². The summed E-state index contributed by atoms with van der Waals surface area (Å²) in [5, 5.41) is 0. The molecule has 0 amide bonds. The molecule has 0 aliphatic carbocycles. The monoisotopic (exact) mass is 346 g/mol. The number of rotatable bonds is 5. The molecule has 1 aromatic carbocycles. The van der Waals surface area contributed by atoms with Crippen LogP contribution in [0.1, 0.15) is 53.0 Å². The summed E-state index contributed by atoms with van der Waals surface area (Å²) in [6, 6.07) is 4.79. The normalized spacial score (nSPS) is 13.7. The SMILES string of the molecule is CC[C@H](C)O[C@H](C)CC(C)C.Cc1cc(F)cc(Br)c1. The van der Waals surface area contributed by atoms with E-state index in [2.05, 4.69) is 50.5 Å². The van der Waals surface area contributed by atoms with Crippen molar-refractivity contribution in [2.24, 2.45) is 5.92 Å². The van der Waals surface area contributed by atoms with Gasteiger partial charge in [-0.3, -0.25) is 0 Å². The highest BCUT2D eigenvalue weighted by molar-refractivity contribution is 9.10. The second-order valence-corrected chi connectivity index (χ2v) is 6.66. The van der Waals surface area contributed by atoms with Crippen molar-refractivity contribution in [3.63, 3.8) is 0 Å². The summed E-state index contributed by atoms with van der Waals surface area (Å²) in [6.07, 6.45) is 3.13. The topological polar surface area (TPSA) is 9.23 Å². The largest absolute Gasteiger partial charge is 0.376 e. The number of ether oxygens (including phenoxy) is 1. The molecule has 0 aliphatic rings. The van der Waals surface area contributed by atoms with Crippen LogP contribution in [0.25, 0.3) is 0 Å². The van der Waals surface area contributed by atoms with Crippen LogP contribution < -0.4 is 0 Å². The Hall–Kier alpha value is -0.410. The predicted molar refractivity (Wildman–Crippen MR) is 88.6 cm³/mol. The first-order valence-electron chi connectivity index (χ1n) is 7.32. The highest BCUT2D eigenvalue weighted by atomic mass is 79.9. The van der Waals surface area contributed by atoms with Crippen molar-refractivity contribution in [3.8, 4) is 0 Å². The molecule has 0 spiro atoms. The van der Waals surface area contributed by atoms with Crippen molar-refractivity contribution < 1.29 is 9.13 Å². The van der Waals surface area contributed by atoms with Gasteiger partial charge in [-0.2, -0.15) is 0 Å². The zero-order valence-corrected chi connectivity index (χ0v) is 15.1. The third kappa shape index (κ3) is 10.4. The zero-order chi connectivity index (χ0) is 15.7. The Morgan fingerprint density at radius 3 is 2.10 bits per heavy atom. The second kappa shape index (κ2) is 10.3. The van der Waals surface area contributed by atoms with E-state index in [1.165, 1.54) is 18.6 Å². The third-order valence-corrected chi connectivity index (χ3v) is 3.31. The van der Waals surface area contributed by atoms with Crippen LogP contribution in [0.3, 0.4) is 0 Å². The maximum Gasteiger partial charge on any atom is 0.124 e. The van der Waals surface area contributed by atoms with Crippen molar-refractivity contribution in [2.45, 2.75) is 66.6 Å². The molecule has 2 atom stereocenters. The Morgan fingerprint density at radius 1 is 1.10 bits per heavy atom. The van der Waals surface area contributed by atoms with Crippen LogP contribution in [0.2, 0.25) is 0 Å². The van der Waals surface area contributed by atoms with Gasteiger partial charge in [-0.05, 0) is 63.3 Å². The molecule has 0 N–H and O–H groups in total. The van der Waals surface area contributed by atoms with Crippen LogP contribution >= 0.6 is 15.9 Å². The lowest BCUT2D eigenvalue weighted by Gasteiger charge is -2.19. The highest BCUT2D eigenvalue weighted by Crippen LogP contribution is 2.13. The van der Waals surface area contributed by atoms with Crippen LogP contribution in [-0.4, -0.2) is 12.2 Å². The molecule has 0 saturated heterocycles. The summed E-state index contributed by atoms with van der Waals surface area (Å²) in [6.45, 7) is 12.8. The Morgan fingerprint density at radius 2 is 1.70 bits per heavy atom. The minimum absolute atomic E-state index is 0.193. The third-order valence-electron chi connectivity index (χ3n) is 2.85. The van der Waals surface area contributed by atoms with E-state index >= 15 is 0 Å². The molecular formula is C17H28BrFO. The maximum atomic E-state index is 12.4. The lowest BCUT2D eigenvalue weighted by molar-refractivity contribution is -0.00337. The van der Waals surface area contributed by atoms with Gasteiger partial charge in [0.2, 0.25) is 0 Å². The molecular weight excluding hydrogens is 319 g/mol. The van der Waals surface area contributed by atoms with E-state index < -0.39 is 0 Å². The average Bonchev–Trinajstić information content (AvgIpc) is 2.26. The Kier molecular flexibility index (Phi) is 10.1. The number of benzene rings is 1. The summed E-state index contributed by atoms with van der Waals surface area (Å²) < 4.78 is 18.9. The van der Waals surface area contributed by atoms with Gasteiger partial charge >= 0.3 is 0 Å². The van der Waals surface area contributed by atoms with Gasteiger partial charge in [0.05, 0.1) is 12.2 Å². The standard InChI is InChI=1S/C10H22O.C7H6BrF/c1-6-9(4)11-10(5)7-8(2)3;1-5-2-6(8)4-7(9)3-5/h8-10H,6-7H2,1-5H3;2-4H,1H3/t9-,10+;/m0./s1. The van der Waals surface area contributed by atoms with Crippen molar-refractivity contribution >= 4 is 15.9 Å². The van der Waals surface area contributed by atoms with Gasteiger partial charge in [0.25, 0.3) is 0 Å². The fraction of sp³-hybridized carbons (Fsp3) is 0.647. The van der Waals surface area contributed by atoms with E-state index in [9.17, 15) is 4.39 Å². The lowest BCUT2D eigenvalue weighted by atomic mass is 10.1. The summed E-state index contributed by atoms with van der Waals surface area (Å²) in [7, 11) is 0. The number of aryl methyl sites for hydroxylation is 1. The fourth-order valence-electron chi connectivity index (χ4n) is 1.90. The van der Waals surface area contributed by atoms with E-state index in [-0.39, 0.29) is 5.82 Å². The molecule has 20 heavy (non-hydrogen) atoms. The first kappa shape index (κ1) is 19.6. The predicted octanol–water partition coefficient (Wildman–Crippen LogP) is 6.13. The number of hydrogen-bond donors (Lipinski definition) is 0. The molecule has 1 aromatic rings. The average molecular weight is 347 g/mol. The van der Waals surface area contributed by atoms with E-state index in [1.54, 1.807) is 0 Å². The fourth-order valence-corrected chi connectivity index (χ4v) is 2.48. The molecule has 0 unspecified atom stereocenters. The maximum absolute atomic E-state index is 12.4. The van der Waals surface area contributed by atoms with Crippen LogP contribution in [0.4, 0.5) is 4.39 Å². The molecule has 0 radical (unpaired) electrons. The number of hydrogen-bond acceptors (Lipinski definition) is 1. The molecule has 116 valence electrons. The minimum atomic E-state index is -0.193. The Bertz CT molecular complexity index is 329. The lowest BCUT2D eigenvalue weighted by Crippen LogP contribution is -2.17. The quantitative estimate of drug-likeness (QED) is 0.622. The van der Waals surface area contributed by atoms with Crippen molar-refractivity contribution in [1.29, 1.82) is 0 Å². The highest BCUT2D eigenvalue weighted by Gasteiger charge is 2.08. The van der Waals surface area contributed by atoms with Crippen molar-refractivity contribution in [3.05, 3.63) is 34.1 Å². The molecule has 3 heteroatoms. The molecule has 1 rings (SSSR count). The summed E-state index contributed by atoms with van der Waals surface area (Å²) >= 11 is 3.17. The van der Waals surface area contributed by atoms with Gasteiger partial charge in [-0.25, -0.2) is 4.39 Å². The first-order valence-corrected chi connectivity index (χ1v) is 8.12. The molecule has 0 fully saturated rings. The van der Waals surface area contributed by atoms with E-state index in [0.29, 0.717) is 12.2 Å². The van der Waals surface area contributed by atoms with Gasteiger partial charge in [0, 0.05) is 4.47 Å².